The molecule has 0 atom stereocenters. The van der Waals surface area contributed by atoms with E-state index in [-0.39, 0.29) is 0 Å². The van der Waals surface area contributed by atoms with E-state index in [1.807, 2.05) is 0 Å². The van der Waals surface area contributed by atoms with Crippen LogP contribution >= 0.6 is 0 Å². The third-order valence-corrected chi connectivity index (χ3v) is 5.21. The normalized spacial score (nSPS) is 15.4. The molecule has 0 unspecified atom stereocenters. The first kappa shape index (κ1) is 16.2. The molecular weight excluding hydrogens is 280 g/mol. The molecule has 2 aliphatic carbocycles. The summed E-state index contributed by atoms with van der Waals surface area (Å²) in [7, 11) is 0. The van der Waals surface area contributed by atoms with Crippen molar-refractivity contribution in [3.63, 3.8) is 0 Å². The van der Waals surface area contributed by atoms with Crippen LogP contribution in [0.1, 0.15) is 55.6 Å². The van der Waals surface area contributed by atoms with Crippen molar-refractivity contribution in [2.75, 3.05) is 0 Å². The summed E-state index contributed by atoms with van der Waals surface area (Å²) < 4.78 is 4.75. The van der Waals surface area contributed by atoms with E-state index in [2.05, 4.69) is 59.6 Å². The third kappa shape index (κ3) is 3.63. The zero-order chi connectivity index (χ0) is 16.1. The maximum atomic E-state index is 2.38. The van der Waals surface area contributed by atoms with Crippen LogP contribution in [-0.4, -0.2) is 0 Å². The van der Waals surface area contributed by atoms with Crippen LogP contribution in [0.2, 0.25) is 0 Å². The molecule has 2 aromatic heterocycles. The first-order chi connectivity index (χ1) is 11.3. The van der Waals surface area contributed by atoms with E-state index in [1.165, 1.54) is 44.9 Å². The Labute approximate surface area is 140 Å². The Bertz CT molecular complexity index is 647. The summed E-state index contributed by atoms with van der Waals surface area (Å²) in [4.78, 5) is 0. The lowest BCUT2D eigenvalue weighted by Gasteiger charge is -2.12. The highest BCUT2D eigenvalue weighted by atomic mass is 15.0. The fraction of sp³-hybridized carbons (Fsp3) is 0.524. The molecule has 23 heavy (non-hydrogen) atoms. The van der Waals surface area contributed by atoms with Crippen LogP contribution in [0.25, 0.3) is 0 Å². The average Bonchev–Trinajstić information content (AvgIpc) is 3.10. The van der Waals surface area contributed by atoms with Gasteiger partial charge in [-0.15, -0.1) is 0 Å². The van der Waals surface area contributed by atoms with Gasteiger partial charge in [-0.3, -0.25) is 0 Å². The van der Waals surface area contributed by atoms with Crippen molar-refractivity contribution < 1.29 is 9.13 Å². The maximum absolute atomic E-state index is 2.38. The first-order valence-corrected chi connectivity index (χ1v) is 9.34. The second-order valence-corrected chi connectivity index (χ2v) is 6.59. The molecule has 2 nitrogen and oxygen atoms in total. The second kappa shape index (κ2) is 7.72. The molecule has 0 spiro atoms. The SMILES string of the molecule is CC[n+]1cccc2c1CCC2.CC[n+]1cccc2c1CCCC2. The van der Waals surface area contributed by atoms with Gasteiger partial charge in [0.1, 0.15) is 13.1 Å². The Hall–Kier alpha value is -1.70. The minimum Gasteiger partial charge on any atom is -0.203 e. The third-order valence-electron chi connectivity index (χ3n) is 5.21. The number of pyridine rings is 2. The summed E-state index contributed by atoms with van der Waals surface area (Å²) in [6.07, 6.45) is 13.6. The quantitative estimate of drug-likeness (QED) is 0.752. The van der Waals surface area contributed by atoms with Crippen LogP contribution in [-0.2, 0) is 38.8 Å². The zero-order valence-corrected chi connectivity index (χ0v) is 14.7. The predicted octanol–water partition coefficient (Wildman–Crippen LogP) is 3.36. The van der Waals surface area contributed by atoms with E-state index in [1.54, 1.807) is 22.5 Å². The van der Waals surface area contributed by atoms with Gasteiger partial charge in [-0.25, -0.2) is 9.13 Å². The summed E-state index contributed by atoms with van der Waals surface area (Å²) in [6, 6.07) is 8.87. The van der Waals surface area contributed by atoms with Gasteiger partial charge in [-0.05, 0) is 58.1 Å². The average molecular weight is 310 g/mol. The van der Waals surface area contributed by atoms with Gasteiger partial charge in [0.25, 0.3) is 0 Å². The molecule has 4 rings (SSSR count). The molecule has 0 bridgehead atoms. The second-order valence-electron chi connectivity index (χ2n) is 6.59. The van der Waals surface area contributed by atoms with E-state index in [0.29, 0.717) is 0 Å². The van der Waals surface area contributed by atoms with Gasteiger partial charge in [-0.2, -0.15) is 0 Å². The molecule has 0 fully saturated rings. The summed E-state index contributed by atoms with van der Waals surface area (Å²) >= 11 is 0. The lowest BCUT2D eigenvalue weighted by molar-refractivity contribution is -0.701. The van der Waals surface area contributed by atoms with Gasteiger partial charge >= 0.3 is 0 Å². The first-order valence-electron chi connectivity index (χ1n) is 9.34. The molecule has 0 aromatic carbocycles. The highest BCUT2D eigenvalue weighted by molar-refractivity contribution is 5.20. The minimum absolute atomic E-state index is 1.11. The van der Waals surface area contributed by atoms with Crippen LogP contribution in [0.5, 0.6) is 0 Å². The largest absolute Gasteiger partial charge is 0.203 e. The van der Waals surface area contributed by atoms with Crippen molar-refractivity contribution >= 4 is 0 Å². The number of nitrogens with zero attached hydrogens (tertiary/aromatic N) is 2. The number of aryl methyl sites for hydroxylation is 4. The number of hydrogen-bond donors (Lipinski definition) is 0. The molecule has 2 heteroatoms. The molecule has 0 aliphatic heterocycles. The fourth-order valence-corrected chi connectivity index (χ4v) is 3.98. The van der Waals surface area contributed by atoms with Gasteiger partial charge in [0, 0.05) is 36.1 Å². The van der Waals surface area contributed by atoms with Gasteiger partial charge in [-0.1, -0.05) is 0 Å². The topological polar surface area (TPSA) is 7.76 Å². The van der Waals surface area contributed by atoms with Gasteiger partial charge in [0.15, 0.2) is 23.8 Å². The van der Waals surface area contributed by atoms with Gasteiger partial charge in [0.2, 0.25) is 0 Å². The Morgan fingerprint density at radius 1 is 0.696 bits per heavy atom. The maximum Gasteiger partial charge on any atom is 0.184 e. The number of hydrogen-bond acceptors (Lipinski definition) is 0. The van der Waals surface area contributed by atoms with Crippen LogP contribution in [0.4, 0.5) is 0 Å². The van der Waals surface area contributed by atoms with Gasteiger partial charge < -0.3 is 0 Å². The molecule has 0 saturated heterocycles. The van der Waals surface area contributed by atoms with Crippen LogP contribution < -0.4 is 9.13 Å². The molecule has 2 heterocycles. The number of aromatic nitrogens is 2. The van der Waals surface area contributed by atoms with Crippen molar-refractivity contribution in [1.82, 2.24) is 0 Å². The molecule has 2 aromatic rings. The predicted molar refractivity (Wildman–Crippen MR) is 93.3 cm³/mol. The van der Waals surface area contributed by atoms with E-state index in [4.69, 9.17) is 0 Å². The Kier molecular flexibility index (Phi) is 5.43. The lowest BCUT2D eigenvalue weighted by Crippen LogP contribution is -2.38. The fourth-order valence-electron chi connectivity index (χ4n) is 3.98. The van der Waals surface area contributed by atoms with Crippen molar-refractivity contribution in [2.24, 2.45) is 0 Å². The zero-order valence-electron chi connectivity index (χ0n) is 14.7. The Balaban J connectivity index is 0.000000136. The van der Waals surface area contributed by atoms with E-state index >= 15 is 0 Å². The van der Waals surface area contributed by atoms with E-state index in [0.717, 1.165) is 13.1 Å². The van der Waals surface area contributed by atoms with Crippen LogP contribution in [0, 0.1) is 0 Å². The lowest BCUT2D eigenvalue weighted by atomic mass is 9.96. The minimum atomic E-state index is 1.11. The highest BCUT2D eigenvalue weighted by Gasteiger charge is 2.19. The number of fused-ring (bicyclic) bond motifs is 2. The van der Waals surface area contributed by atoms with E-state index in [9.17, 15) is 0 Å². The Morgan fingerprint density at radius 3 is 1.74 bits per heavy atom. The van der Waals surface area contributed by atoms with E-state index < -0.39 is 0 Å². The summed E-state index contributed by atoms with van der Waals surface area (Å²) in [5.74, 6) is 0. The van der Waals surface area contributed by atoms with Crippen LogP contribution in [0.3, 0.4) is 0 Å². The van der Waals surface area contributed by atoms with Crippen molar-refractivity contribution in [1.29, 1.82) is 0 Å². The summed E-state index contributed by atoms with van der Waals surface area (Å²) in [6.45, 7) is 6.65. The van der Waals surface area contributed by atoms with Crippen LogP contribution in [0.15, 0.2) is 36.7 Å². The summed E-state index contributed by atoms with van der Waals surface area (Å²) in [5, 5.41) is 0. The molecular formula is C21H30N2+2. The highest BCUT2D eigenvalue weighted by Crippen LogP contribution is 2.17. The standard InChI is InChI=1S/C11H16N.C10H14N/c1-2-12-9-5-7-10-6-3-4-8-11(10)12;1-2-11-8-4-6-9-5-3-7-10(9)11/h5,7,9H,2-4,6,8H2,1H3;4,6,8H,2-3,5,7H2,1H3/q2*+1. The molecule has 0 radical (unpaired) electrons. The van der Waals surface area contributed by atoms with Crippen molar-refractivity contribution in [3.05, 3.63) is 59.2 Å². The van der Waals surface area contributed by atoms with Gasteiger partial charge in [0.05, 0.1) is 0 Å². The van der Waals surface area contributed by atoms with Crippen molar-refractivity contribution in [3.8, 4) is 0 Å². The molecule has 122 valence electrons. The molecule has 0 N–H and O–H groups in total. The number of rotatable bonds is 2. The Morgan fingerprint density at radius 2 is 1.17 bits per heavy atom. The molecule has 0 amide bonds. The smallest absolute Gasteiger partial charge is 0.184 e. The monoisotopic (exact) mass is 310 g/mol. The summed E-state index contributed by atoms with van der Waals surface area (Å²) in [5.41, 5.74) is 6.28. The molecule has 2 aliphatic rings. The molecule has 0 saturated carbocycles. The van der Waals surface area contributed by atoms with Crippen molar-refractivity contribution in [2.45, 2.75) is 71.9 Å².